The van der Waals surface area contributed by atoms with Crippen molar-refractivity contribution in [1.29, 1.82) is 0 Å². The third kappa shape index (κ3) is 4.22. The van der Waals surface area contributed by atoms with E-state index in [9.17, 15) is 4.39 Å². The topological polar surface area (TPSA) is 88.8 Å². The molecule has 2 aromatic heterocycles. The average molecular weight is 314 g/mol. The second kappa shape index (κ2) is 6.82. The lowest BCUT2D eigenvalue weighted by Gasteiger charge is -2.06. The molecule has 0 radical (unpaired) electrons. The Balaban J connectivity index is 1.56. The first-order valence-electron chi connectivity index (χ1n) is 7.07. The van der Waals surface area contributed by atoms with E-state index in [-0.39, 0.29) is 5.82 Å². The predicted molar refractivity (Wildman–Crippen MR) is 82.9 cm³/mol. The number of aryl methyl sites for hydroxylation is 1. The molecule has 0 aliphatic rings. The number of nitrogens with zero attached hydrogens (tertiary/aromatic N) is 4. The van der Waals surface area contributed by atoms with Crippen molar-refractivity contribution in [3.05, 3.63) is 53.7 Å². The third-order valence-electron chi connectivity index (χ3n) is 3.06. The van der Waals surface area contributed by atoms with E-state index < -0.39 is 0 Å². The van der Waals surface area contributed by atoms with E-state index in [0.29, 0.717) is 29.9 Å². The molecule has 0 bridgehead atoms. The summed E-state index contributed by atoms with van der Waals surface area (Å²) in [6.45, 7) is 2.44. The van der Waals surface area contributed by atoms with Crippen molar-refractivity contribution in [1.82, 2.24) is 20.3 Å². The Morgan fingerprint density at radius 2 is 2.00 bits per heavy atom. The normalized spacial score (nSPS) is 10.5. The molecule has 0 aliphatic carbocycles. The molecule has 118 valence electrons. The quantitative estimate of drug-likeness (QED) is 0.723. The number of anilines is 3. The van der Waals surface area contributed by atoms with E-state index in [1.54, 1.807) is 25.1 Å². The van der Waals surface area contributed by atoms with Gasteiger partial charge in [-0.3, -0.25) is 0 Å². The van der Waals surface area contributed by atoms with Crippen molar-refractivity contribution in [2.75, 3.05) is 17.2 Å². The summed E-state index contributed by atoms with van der Waals surface area (Å²) in [6, 6.07) is 8.15. The van der Waals surface area contributed by atoms with Gasteiger partial charge in [0, 0.05) is 12.6 Å². The maximum Gasteiger partial charge on any atom is 0.250 e. The summed E-state index contributed by atoms with van der Waals surface area (Å²) in [6.07, 6.45) is 2.28. The zero-order valence-corrected chi connectivity index (χ0v) is 12.5. The van der Waals surface area contributed by atoms with Crippen LogP contribution in [0.4, 0.5) is 22.0 Å². The van der Waals surface area contributed by atoms with Crippen LogP contribution in [0.1, 0.15) is 11.3 Å². The van der Waals surface area contributed by atoms with Gasteiger partial charge in [-0.15, -0.1) is 5.10 Å². The first-order valence-corrected chi connectivity index (χ1v) is 7.07. The number of hydrogen-bond donors (Lipinski definition) is 2. The van der Waals surface area contributed by atoms with Crippen LogP contribution in [0.25, 0.3) is 0 Å². The van der Waals surface area contributed by atoms with Gasteiger partial charge in [0.15, 0.2) is 11.6 Å². The van der Waals surface area contributed by atoms with Crippen LogP contribution >= 0.6 is 0 Å². The molecule has 0 saturated heterocycles. The molecule has 3 aromatic rings. The molecule has 8 heteroatoms. The van der Waals surface area contributed by atoms with Crippen molar-refractivity contribution in [2.45, 2.75) is 13.3 Å². The van der Waals surface area contributed by atoms with Gasteiger partial charge in [0.25, 0.3) is 0 Å². The minimum atomic E-state index is -0.236. The number of rotatable bonds is 6. The van der Waals surface area contributed by atoms with E-state index in [2.05, 4.69) is 31.0 Å². The monoisotopic (exact) mass is 314 g/mol. The van der Waals surface area contributed by atoms with Gasteiger partial charge in [0.1, 0.15) is 11.6 Å². The van der Waals surface area contributed by atoms with Crippen LogP contribution in [0.15, 0.2) is 41.1 Å². The van der Waals surface area contributed by atoms with Gasteiger partial charge in [-0.2, -0.15) is 10.1 Å². The van der Waals surface area contributed by atoms with Gasteiger partial charge >= 0.3 is 0 Å². The van der Waals surface area contributed by atoms with Gasteiger partial charge in [0.2, 0.25) is 5.95 Å². The second-order valence-electron chi connectivity index (χ2n) is 4.92. The zero-order chi connectivity index (χ0) is 16.1. The molecule has 23 heavy (non-hydrogen) atoms. The summed E-state index contributed by atoms with van der Waals surface area (Å²) in [4.78, 5) is 4.29. The first kappa shape index (κ1) is 14.9. The van der Waals surface area contributed by atoms with E-state index in [1.807, 2.05) is 0 Å². The molecule has 7 nitrogen and oxygen atoms in total. The minimum absolute atomic E-state index is 0.236. The molecule has 2 heterocycles. The number of aromatic nitrogens is 4. The van der Waals surface area contributed by atoms with Crippen LogP contribution in [0, 0.1) is 12.7 Å². The fourth-order valence-corrected chi connectivity index (χ4v) is 1.97. The highest BCUT2D eigenvalue weighted by molar-refractivity contribution is 5.48. The molecular weight excluding hydrogens is 299 g/mol. The van der Waals surface area contributed by atoms with E-state index >= 15 is 0 Å². The van der Waals surface area contributed by atoms with Crippen LogP contribution in [0.3, 0.4) is 0 Å². The molecule has 2 N–H and O–H groups in total. The Kier molecular flexibility index (Phi) is 4.41. The highest BCUT2D eigenvalue weighted by Crippen LogP contribution is 2.13. The Morgan fingerprint density at radius 1 is 1.17 bits per heavy atom. The Hall–Kier alpha value is -3.03. The number of nitrogens with one attached hydrogen (secondary N) is 2. The molecule has 3 rings (SSSR count). The van der Waals surface area contributed by atoms with Gasteiger partial charge in [-0.1, -0.05) is 17.3 Å². The number of halogens is 1. The van der Waals surface area contributed by atoms with E-state index in [1.165, 1.54) is 18.3 Å². The molecule has 0 fully saturated rings. The predicted octanol–water partition coefficient (Wildman–Crippen LogP) is 2.71. The lowest BCUT2D eigenvalue weighted by atomic mass is 10.1. The van der Waals surface area contributed by atoms with Crippen LogP contribution in [0.5, 0.6) is 0 Å². The molecule has 0 spiro atoms. The van der Waals surface area contributed by atoms with Gasteiger partial charge in [-0.25, -0.2) is 4.39 Å². The van der Waals surface area contributed by atoms with Gasteiger partial charge in [-0.05, 0) is 31.0 Å². The molecule has 1 aromatic carbocycles. The summed E-state index contributed by atoms with van der Waals surface area (Å²) >= 11 is 0. The largest absolute Gasteiger partial charge is 0.368 e. The van der Waals surface area contributed by atoms with Crippen molar-refractivity contribution >= 4 is 17.6 Å². The standard InChI is InChI=1S/C15H15FN6O/c1-10-8-13(22-23-10)19-15-20-14(9-18-21-15)17-7-6-11-2-4-12(16)5-3-11/h2-5,8-9H,6-7H2,1H3,(H2,17,19,20,21,22). The van der Waals surface area contributed by atoms with Crippen LogP contribution in [-0.2, 0) is 6.42 Å². The summed E-state index contributed by atoms with van der Waals surface area (Å²) < 4.78 is 17.8. The van der Waals surface area contributed by atoms with Crippen molar-refractivity contribution < 1.29 is 8.91 Å². The SMILES string of the molecule is Cc1cc(Nc2nncc(NCCc3ccc(F)cc3)n2)no1. The fraction of sp³-hybridized carbons (Fsp3) is 0.200. The van der Waals surface area contributed by atoms with Gasteiger partial charge < -0.3 is 15.2 Å². The summed E-state index contributed by atoms with van der Waals surface area (Å²) in [5.41, 5.74) is 1.04. The van der Waals surface area contributed by atoms with Crippen LogP contribution in [0.2, 0.25) is 0 Å². The van der Waals surface area contributed by atoms with E-state index in [0.717, 1.165) is 12.0 Å². The molecule has 0 unspecified atom stereocenters. The molecule has 0 saturated carbocycles. The maximum atomic E-state index is 12.8. The van der Waals surface area contributed by atoms with Crippen molar-refractivity contribution in [3.63, 3.8) is 0 Å². The van der Waals surface area contributed by atoms with Crippen LogP contribution in [-0.4, -0.2) is 26.9 Å². The minimum Gasteiger partial charge on any atom is -0.368 e. The average Bonchev–Trinajstić information content (AvgIpc) is 2.95. The highest BCUT2D eigenvalue weighted by atomic mass is 19.1. The van der Waals surface area contributed by atoms with Crippen LogP contribution < -0.4 is 10.6 Å². The summed E-state index contributed by atoms with van der Waals surface area (Å²) in [5.74, 6) is 1.89. The van der Waals surface area contributed by atoms with Crippen molar-refractivity contribution in [3.8, 4) is 0 Å². The van der Waals surface area contributed by atoms with Gasteiger partial charge in [0.05, 0.1) is 6.20 Å². The highest BCUT2D eigenvalue weighted by Gasteiger charge is 2.04. The lowest BCUT2D eigenvalue weighted by Crippen LogP contribution is -2.08. The Morgan fingerprint density at radius 3 is 2.74 bits per heavy atom. The smallest absolute Gasteiger partial charge is 0.250 e. The molecule has 0 aliphatic heterocycles. The fourth-order valence-electron chi connectivity index (χ4n) is 1.97. The molecule has 0 amide bonds. The maximum absolute atomic E-state index is 12.8. The zero-order valence-electron chi connectivity index (χ0n) is 12.5. The lowest BCUT2D eigenvalue weighted by molar-refractivity contribution is 0.400. The number of benzene rings is 1. The Bertz CT molecular complexity index is 774. The summed E-state index contributed by atoms with van der Waals surface area (Å²) in [7, 11) is 0. The third-order valence-corrected chi connectivity index (χ3v) is 3.06. The first-order chi connectivity index (χ1) is 11.2. The van der Waals surface area contributed by atoms with E-state index in [4.69, 9.17) is 4.52 Å². The van der Waals surface area contributed by atoms with Crippen molar-refractivity contribution in [2.24, 2.45) is 0 Å². The summed E-state index contributed by atoms with van der Waals surface area (Å²) in [5, 5.41) is 17.6. The second-order valence-corrected chi connectivity index (χ2v) is 4.92. The molecule has 0 atom stereocenters. The molecular formula is C15H15FN6O. The number of hydrogen-bond acceptors (Lipinski definition) is 7. The Labute approximate surface area is 131 Å².